The number of alkyl halides is 3. The van der Waals surface area contributed by atoms with Gasteiger partial charge in [0.2, 0.25) is 0 Å². The fourth-order valence-corrected chi connectivity index (χ4v) is 2.37. The molecule has 2 aromatic rings. The summed E-state index contributed by atoms with van der Waals surface area (Å²) in [5.74, 6) is 0.540. The Morgan fingerprint density at radius 1 is 1.11 bits per heavy atom. The van der Waals surface area contributed by atoms with Crippen LogP contribution in [0.15, 0.2) is 18.6 Å². The summed E-state index contributed by atoms with van der Waals surface area (Å²) in [6.07, 6.45) is 2.81. The second kappa shape index (κ2) is 4.40. The number of anilines is 1. The molecular weight excluding hydrogens is 257 g/mol. The second-order valence-corrected chi connectivity index (χ2v) is 4.65. The van der Waals surface area contributed by atoms with Crippen molar-refractivity contribution >= 4 is 11.5 Å². The Bertz CT molecular complexity index is 584. The average molecular weight is 270 g/mol. The van der Waals surface area contributed by atoms with Gasteiger partial charge in [-0.1, -0.05) is 0 Å². The molecule has 19 heavy (non-hydrogen) atoms. The van der Waals surface area contributed by atoms with E-state index in [9.17, 15) is 13.2 Å². The Balaban J connectivity index is 2.07. The van der Waals surface area contributed by atoms with E-state index in [1.54, 1.807) is 0 Å². The molecule has 0 amide bonds. The minimum Gasteiger partial charge on any atom is -0.354 e. The number of hydrogen-bond donors (Lipinski definition) is 0. The van der Waals surface area contributed by atoms with Crippen LogP contribution < -0.4 is 4.90 Å². The van der Waals surface area contributed by atoms with Gasteiger partial charge in [0, 0.05) is 31.7 Å². The lowest BCUT2D eigenvalue weighted by molar-refractivity contribution is -0.140. The molecule has 0 aromatic carbocycles. The van der Waals surface area contributed by atoms with Crippen molar-refractivity contribution in [3.8, 4) is 0 Å². The van der Waals surface area contributed by atoms with Crippen LogP contribution in [0.3, 0.4) is 0 Å². The highest BCUT2D eigenvalue weighted by atomic mass is 19.4. The summed E-state index contributed by atoms with van der Waals surface area (Å²) >= 11 is 0. The Kier molecular flexibility index (Phi) is 2.83. The molecule has 3 heterocycles. The first-order chi connectivity index (χ1) is 9.05. The van der Waals surface area contributed by atoms with Crippen LogP contribution in [0.25, 0.3) is 5.65 Å². The van der Waals surface area contributed by atoms with Crippen molar-refractivity contribution in [2.45, 2.75) is 25.4 Å². The van der Waals surface area contributed by atoms with Crippen LogP contribution in [0, 0.1) is 0 Å². The predicted molar refractivity (Wildman–Crippen MR) is 64.1 cm³/mol. The van der Waals surface area contributed by atoms with Gasteiger partial charge in [0.15, 0.2) is 17.2 Å². The normalized spacial score (nSPS) is 17.1. The molecule has 0 bridgehead atoms. The molecule has 0 spiro atoms. The van der Waals surface area contributed by atoms with E-state index < -0.39 is 11.9 Å². The quantitative estimate of drug-likeness (QED) is 0.799. The van der Waals surface area contributed by atoms with Gasteiger partial charge < -0.3 is 9.30 Å². The number of fused-ring (bicyclic) bond motifs is 1. The third-order valence-corrected chi connectivity index (χ3v) is 3.30. The van der Waals surface area contributed by atoms with E-state index in [1.807, 2.05) is 4.90 Å². The number of hydrogen-bond acceptors (Lipinski definition) is 3. The van der Waals surface area contributed by atoms with E-state index in [2.05, 4.69) is 9.97 Å². The highest BCUT2D eigenvalue weighted by molar-refractivity contribution is 5.64. The van der Waals surface area contributed by atoms with E-state index in [0.29, 0.717) is 5.82 Å². The number of nitrogens with zero attached hydrogens (tertiary/aromatic N) is 4. The van der Waals surface area contributed by atoms with Crippen LogP contribution in [-0.4, -0.2) is 27.5 Å². The molecule has 4 nitrogen and oxygen atoms in total. The van der Waals surface area contributed by atoms with Crippen molar-refractivity contribution in [2.75, 3.05) is 18.0 Å². The lowest BCUT2D eigenvalue weighted by Gasteiger charge is -2.27. The molecule has 1 fully saturated rings. The molecule has 1 saturated heterocycles. The van der Waals surface area contributed by atoms with Crippen molar-refractivity contribution in [2.24, 2.45) is 0 Å². The molecule has 0 aliphatic carbocycles. The highest BCUT2D eigenvalue weighted by Gasteiger charge is 2.34. The molecule has 1 aliphatic heterocycles. The number of aromatic nitrogens is 3. The zero-order valence-corrected chi connectivity index (χ0v) is 10.2. The first kappa shape index (κ1) is 12.3. The van der Waals surface area contributed by atoms with Gasteiger partial charge >= 0.3 is 6.18 Å². The third-order valence-electron chi connectivity index (χ3n) is 3.30. The van der Waals surface area contributed by atoms with Crippen molar-refractivity contribution in [1.82, 2.24) is 14.4 Å². The first-order valence-electron chi connectivity index (χ1n) is 6.21. The van der Waals surface area contributed by atoms with Crippen molar-refractivity contribution in [3.05, 3.63) is 24.3 Å². The number of imidazole rings is 1. The summed E-state index contributed by atoms with van der Waals surface area (Å²) in [6.45, 7) is 1.64. The van der Waals surface area contributed by atoms with Crippen molar-refractivity contribution in [3.63, 3.8) is 0 Å². The van der Waals surface area contributed by atoms with Gasteiger partial charge in [0.05, 0.1) is 0 Å². The Labute approximate surface area is 107 Å². The summed E-state index contributed by atoms with van der Waals surface area (Å²) in [5, 5.41) is 0. The average Bonchev–Trinajstić information content (AvgIpc) is 2.83. The van der Waals surface area contributed by atoms with Crippen molar-refractivity contribution in [1.29, 1.82) is 0 Å². The molecule has 0 radical (unpaired) electrons. The minimum atomic E-state index is -4.43. The van der Waals surface area contributed by atoms with Gasteiger partial charge in [-0.25, -0.2) is 9.97 Å². The minimum absolute atomic E-state index is 0.275. The van der Waals surface area contributed by atoms with Gasteiger partial charge in [-0.2, -0.15) is 13.2 Å². The molecule has 0 N–H and O–H groups in total. The molecule has 102 valence electrons. The maximum Gasteiger partial charge on any atom is 0.434 e. The van der Waals surface area contributed by atoms with E-state index >= 15 is 0 Å². The van der Waals surface area contributed by atoms with Crippen LogP contribution in [0.2, 0.25) is 0 Å². The van der Waals surface area contributed by atoms with Gasteiger partial charge in [0.25, 0.3) is 0 Å². The topological polar surface area (TPSA) is 33.4 Å². The zero-order valence-electron chi connectivity index (χ0n) is 10.2. The van der Waals surface area contributed by atoms with Gasteiger partial charge in [-0.15, -0.1) is 0 Å². The van der Waals surface area contributed by atoms with Crippen LogP contribution in [0.5, 0.6) is 0 Å². The predicted octanol–water partition coefficient (Wildman–Crippen LogP) is 2.74. The molecule has 7 heteroatoms. The van der Waals surface area contributed by atoms with E-state index in [4.69, 9.17) is 0 Å². The maximum atomic E-state index is 12.7. The Hall–Kier alpha value is -1.79. The molecule has 3 rings (SSSR count). The van der Waals surface area contributed by atoms with Crippen LogP contribution in [0.4, 0.5) is 19.0 Å². The van der Waals surface area contributed by atoms with Crippen molar-refractivity contribution < 1.29 is 13.2 Å². The molecule has 1 aliphatic rings. The summed E-state index contributed by atoms with van der Waals surface area (Å²) in [5.41, 5.74) is -0.601. The Morgan fingerprint density at radius 2 is 1.84 bits per heavy atom. The second-order valence-electron chi connectivity index (χ2n) is 4.65. The van der Waals surface area contributed by atoms with Crippen LogP contribution in [0.1, 0.15) is 25.0 Å². The fraction of sp³-hybridized carbons (Fsp3) is 0.500. The first-order valence-corrected chi connectivity index (χ1v) is 6.21. The summed E-state index contributed by atoms with van der Waals surface area (Å²) < 4.78 is 39.5. The Morgan fingerprint density at radius 3 is 2.53 bits per heavy atom. The molecule has 0 unspecified atom stereocenters. The van der Waals surface area contributed by atoms with E-state index in [-0.39, 0.29) is 5.65 Å². The molecule has 0 saturated carbocycles. The summed E-state index contributed by atoms with van der Waals surface area (Å²) in [6, 6.07) is 0. The highest BCUT2D eigenvalue weighted by Crippen LogP contribution is 2.30. The molecule has 0 atom stereocenters. The summed E-state index contributed by atoms with van der Waals surface area (Å²) in [4.78, 5) is 9.90. The van der Waals surface area contributed by atoms with Gasteiger partial charge in [-0.3, -0.25) is 0 Å². The maximum absolute atomic E-state index is 12.7. The van der Waals surface area contributed by atoms with Gasteiger partial charge in [0.1, 0.15) is 0 Å². The van der Waals surface area contributed by atoms with Crippen LogP contribution >= 0.6 is 0 Å². The SMILES string of the molecule is FC(F)(F)c1cn2ccnc(N3CCCCC3)c2n1. The lowest BCUT2D eigenvalue weighted by Crippen LogP contribution is -2.30. The standard InChI is InChI=1S/C12H13F3N4/c13-12(14,15)9-8-19-7-4-16-10(11(19)17-9)18-5-2-1-3-6-18/h4,7-8H,1-3,5-6H2. The molecule has 2 aromatic heterocycles. The third kappa shape index (κ3) is 2.24. The largest absolute Gasteiger partial charge is 0.434 e. The fourth-order valence-electron chi connectivity index (χ4n) is 2.37. The number of rotatable bonds is 1. The number of piperidine rings is 1. The smallest absolute Gasteiger partial charge is 0.354 e. The van der Waals surface area contributed by atoms with E-state index in [0.717, 1.165) is 38.5 Å². The van der Waals surface area contributed by atoms with Gasteiger partial charge in [-0.05, 0) is 19.3 Å². The number of halogens is 3. The zero-order chi connectivity index (χ0) is 13.5. The molecular formula is C12H13F3N4. The van der Waals surface area contributed by atoms with E-state index in [1.165, 1.54) is 16.8 Å². The monoisotopic (exact) mass is 270 g/mol. The lowest BCUT2D eigenvalue weighted by atomic mass is 10.1. The summed E-state index contributed by atoms with van der Waals surface area (Å²) in [7, 11) is 0. The van der Waals surface area contributed by atoms with Crippen LogP contribution in [-0.2, 0) is 6.18 Å².